The van der Waals surface area contributed by atoms with Crippen molar-refractivity contribution < 1.29 is 13.2 Å². The first-order valence-electron chi connectivity index (χ1n) is 6.04. The van der Waals surface area contributed by atoms with Crippen molar-refractivity contribution in [3.8, 4) is 23.1 Å². The number of aromatic nitrogens is 3. The van der Waals surface area contributed by atoms with E-state index in [0.717, 1.165) is 18.6 Å². The number of alkyl halides is 3. The number of halogens is 3. The van der Waals surface area contributed by atoms with Gasteiger partial charge in [0, 0.05) is 12.0 Å². The summed E-state index contributed by atoms with van der Waals surface area (Å²) in [6, 6.07) is 5.02. The van der Waals surface area contributed by atoms with E-state index in [0.29, 0.717) is 17.8 Å². The van der Waals surface area contributed by atoms with E-state index < -0.39 is 11.7 Å². The zero-order valence-electron chi connectivity index (χ0n) is 10.8. The highest BCUT2D eigenvalue weighted by molar-refractivity contribution is 5.58. The van der Waals surface area contributed by atoms with Gasteiger partial charge in [0.25, 0.3) is 0 Å². The fraction of sp³-hybridized carbons (Fsp3) is 0.286. The van der Waals surface area contributed by atoms with Gasteiger partial charge in [-0.05, 0) is 12.1 Å². The van der Waals surface area contributed by atoms with Crippen LogP contribution in [0.3, 0.4) is 0 Å². The second kappa shape index (κ2) is 5.78. The molecule has 1 aromatic carbocycles. The monoisotopic (exact) mass is 279 g/mol. The highest BCUT2D eigenvalue weighted by Gasteiger charge is 2.30. The van der Waals surface area contributed by atoms with Gasteiger partial charge in [-0.1, -0.05) is 30.2 Å². The third-order valence-corrected chi connectivity index (χ3v) is 2.57. The standard InChI is InChI=1S/C14H12F3N3/c1-2-3-4-8-20-10-13(18-19-20)11-6-5-7-12(9-11)14(15,16)17/h5-7,9-10H,2,8H2,1H3. The predicted octanol–water partition coefficient (Wildman–Crippen LogP) is 3.38. The largest absolute Gasteiger partial charge is 0.416 e. The Morgan fingerprint density at radius 1 is 1.25 bits per heavy atom. The summed E-state index contributed by atoms with van der Waals surface area (Å²) >= 11 is 0. The summed E-state index contributed by atoms with van der Waals surface area (Å²) in [5.74, 6) is 5.77. The van der Waals surface area contributed by atoms with Gasteiger partial charge >= 0.3 is 6.18 Å². The van der Waals surface area contributed by atoms with Crippen molar-refractivity contribution in [3.05, 3.63) is 36.0 Å². The van der Waals surface area contributed by atoms with Crippen LogP contribution in [0.4, 0.5) is 13.2 Å². The minimum Gasteiger partial charge on any atom is -0.240 e. The Hall–Kier alpha value is -2.29. The molecule has 2 rings (SSSR count). The molecule has 0 unspecified atom stereocenters. The maximum absolute atomic E-state index is 12.6. The second-order valence-electron chi connectivity index (χ2n) is 4.09. The minimum atomic E-state index is -4.36. The van der Waals surface area contributed by atoms with Crippen LogP contribution < -0.4 is 0 Å². The van der Waals surface area contributed by atoms with Crippen LogP contribution in [0.25, 0.3) is 11.3 Å². The zero-order chi connectivity index (χ0) is 14.6. The summed E-state index contributed by atoms with van der Waals surface area (Å²) in [6.45, 7) is 2.31. The normalized spacial score (nSPS) is 11.0. The molecule has 0 bridgehead atoms. The van der Waals surface area contributed by atoms with Crippen molar-refractivity contribution in [2.45, 2.75) is 26.1 Å². The van der Waals surface area contributed by atoms with Crippen LogP contribution in [0, 0.1) is 11.8 Å². The van der Waals surface area contributed by atoms with Crippen molar-refractivity contribution in [1.82, 2.24) is 15.0 Å². The quantitative estimate of drug-likeness (QED) is 0.789. The Balaban J connectivity index is 2.24. The van der Waals surface area contributed by atoms with E-state index in [1.807, 2.05) is 6.92 Å². The third kappa shape index (κ3) is 3.38. The number of hydrogen-bond donors (Lipinski definition) is 0. The molecule has 0 radical (unpaired) electrons. The molecule has 20 heavy (non-hydrogen) atoms. The topological polar surface area (TPSA) is 30.7 Å². The van der Waals surface area contributed by atoms with Crippen LogP contribution in [-0.4, -0.2) is 15.0 Å². The fourth-order valence-corrected chi connectivity index (χ4v) is 1.62. The molecule has 2 aromatic rings. The zero-order valence-corrected chi connectivity index (χ0v) is 10.8. The van der Waals surface area contributed by atoms with Gasteiger partial charge in [-0.3, -0.25) is 0 Å². The molecule has 6 heteroatoms. The first kappa shape index (κ1) is 14.1. The molecule has 0 spiro atoms. The average Bonchev–Trinajstić information content (AvgIpc) is 2.87. The van der Waals surface area contributed by atoms with Crippen LogP contribution >= 0.6 is 0 Å². The molecule has 3 nitrogen and oxygen atoms in total. The van der Waals surface area contributed by atoms with Crippen molar-refractivity contribution >= 4 is 0 Å². The minimum absolute atomic E-state index is 0.375. The van der Waals surface area contributed by atoms with Crippen LogP contribution in [0.15, 0.2) is 30.5 Å². The number of benzene rings is 1. The van der Waals surface area contributed by atoms with Gasteiger partial charge in [-0.25, -0.2) is 4.68 Å². The number of nitrogens with zero attached hydrogens (tertiary/aromatic N) is 3. The van der Waals surface area contributed by atoms with Crippen LogP contribution in [0.2, 0.25) is 0 Å². The van der Waals surface area contributed by atoms with Crippen molar-refractivity contribution in [2.24, 2.45) is 0 Å². The van der Waals surface area contributed by atoms with Gasteiger partial charge in [-0.2, -0.15) is 13.2 Å². The van der Waals surface area contributed by atoms with Crippen molar-refractivity contribution in [3.63, 3.8) is 0 Å². The lowest BCUT2D eigenvalue weighted by molar-refractivity contribution is -0.137. The number of rotatable bonds is 2. The highest BCUT2D eigenvalue weighted by Crippen LogP contribution is 2.31. The van der Waals surface area contributed by atoms with Crippen LogP contribution in [0.5, 0.6) is 0 Å². The van der Waals surface area contributed by atoms with Gasteiger partial charge < -0.3 is 0 Å². The molecule has 0 fully saturated rings. The summed E-state index contributed by atoms with van der Waals surface area (Å²) in [7, 11) is 0. The number of hydrogen-bond acceptors (Lipinski definition) is 2. The molecule has 0 saturated carbocycles. The Bertz CT molecular complexity index is 647. The summed E-state index contributed by atoms with van der Waals surface area (Å²) < 4.78 is 39.4. The molecule has 0 aliphatic rings. The third-order valence-electron chi connectivity index (χ3n) is 2.57. The summed E-state index contributed by atoms with van der Waals surface area (Å²) in [5, 5.41) is 7.71. The smallest absolute Gasteiger partial charge is 0.240 e. The molecule has 0 saturated heterocycles. The Labute approximate surface area is 114 Å². The molecule has 1 aromatic heterocycles. The lowest BCUT2D eigenvalue weighted by atomic mass is 10.1. The molecule has 0 aliphatic carbocycles. The summed E-state index contributed by atoms with van der Waals surface area (Å²) in [4.78, 5) is 0. The first-order valence-corrected chi connectivity index (χ1v) is 6.04. The molecule has 0 atom stereocenters. The highest BCUT2D eigenvalue weighted by atomic mass is 19.4. The molecular weight excluding hydrogens is 267 g/mol. The maximum atomic E-state index is 12.6. The van der Waals surface area contributed by atoms with Gasteiger partial charge in [0.2, 0.25) is 0 Å². The van der Waals surface area contributed by atoms with Crippen molar-refractivity contribution in [2.75, 3.05) is 0 Å². The van der Waals surface area contributed by atoms with E-state index in [2.05, 4.69) is 22.2 Å². The molecule has 0 aliphatic heterocycles. The molecule has 0 amide bonds. The lowest BCUT2D eigenvalue weighted by Gasteiger charge is -2.06. The van der Waals surface area contributed by atoms with Gasteiger partial charge in [0.15, 0.2) is 0 Å². The molecule has 0 N–H and O–H groups in total. The second-order valence-corrected chi connectivity index (χ2v) is 4.09. The molecule has 104 valence electrons. The van der Waals surface area contributed by atoms with E-state index >= 15 is 0 Å². The van der Waals surface area contributed by atoms with E-state index in [9.17, 15) is 13.2 Å². The van der Waals surface area contributed by atoms with Crippen LogP contribution in [-0.2, 0) is 12.7 Å². The van der Waals surface area contributed by atoms with Gasteiger partial charge in [0.05, 0.1) is 11.8 Å². The van der Waals surface area contributed by atoms with Crippen LogP contribution in [0.1, 0.15) is 18.9 Å². The lowest BCUT2D eigenvalue weighted by Crippen LogP contribution is -2.04. The van der Waals surface area contributed by atoms with Gasteiger partial charge in [0.1, 0.15) is 12.2 Å². The summed E-state index contributed by atoms with van der Waals surface area (Å²) in [5.41, 5.74) is 0.0826. The predicted molar refractivity (Wildman–Crippen MR) is 68.5 cm³/mol. The Morgan fingerprint density at radius 2 is 2.05 bits per heavy atom. The van der Waals surface area contributed by atoms with E-state index in [4.69, 9.17) is 0 Å². The maximum Gasteiger partial charge on any atom is 0.416 e. The summed E-state index contributed by atoms with van der Waals surface area (Å²) in [6.07, 6.45) is -2.03. The fourth-order valence-electron chi connectivity index (χ4n) is 1.62. The van der Waals surface area contributed by atoms with E-state index in [1.54, 1.807) is 12.3 Å². The molecular formula is C14H12F3N3. The average molecular weight is 279 g/mol. The van der Waals surface area contributed by atoms with E-state index in [1.165, 1.54) is 10.7 Å². The van der Waals surface area contributed by atoms with Crippen molar-refractivity contribution in [1.29, 1.82) is 0 Å². The SMILES string of the molecule is CCC#CCn1cc(-c2cccc(C(F)(F)F)c2)nn1. The van der Waals surface area contributed by atoms with Gasteiger partial charge in [-0.15, -0.1) is 11.0 Å². The molecule has 1 heterocycles. The first-order chi connectivity index (χ1) is 9.50. The Morgan fingerprint density at radius 3 is 2.75 bits per heavy atom. The van der Waals surface area contributed by atoms with E-state index in [-0.39, 0.29) is 0 Å². The Kier molecular flexibility index (Phi) is 4.08.